The summed E-state index contributed by atoms with van der Waals surface area (Å²) < 4.78 is 16.4. The van der Waals surface area contributed by atoms with Crippen LogP contribution in [0.15, 0.2) is 17.1 Å². The van der Waals surface area contributed by atoms with Crippen molar-refractivity contribution < 1.29 is 14.3 Å². The first-order chi connectivity index (χ1) is 13.3. The highest BCUT2D eigenvalue weighted by molar-refractivity contribution is 5.89. The molecule has 0 atom stereocenters. The molecule has 2 aromatic rings. The van der Waals surface area contributed by atoms with Gasteiger partial charge in [0, 0.05) is 18.5 Å². The van der Waals surface area contributed by atoms with E-state index in [0.29, 0.717) is 29.2 Å². The lowest BCUT2D eigenvalue weighted by Gasteiger charge is -2.57. The summed E-state index contributed by atoms with van der Waals surface area (Å²) in [6, 6.07) is 1.50. The predicted octanol–water partition coefficient (Wildman–Crippen LogP) is 2.50. The van der Waals surface area contributed by atoms with E-state index in [1.807, 2.05) is 6.92 Å². The highest BCUT2D eigenvalue weighted by Gasteiger charge is 2.49. The average Bonchev–Trinajstić information content (AvgIpc) is 3.46. The molecule has 2 bridgehead atoms. The number of anilines is 1. The van der Waals surface area contributed by atoms with E-state index >= 15 is 4.39 Å². The van der Waals surface area contributed by atoms with Gasteiger partial charge in [0.05, 0.1) is 17.4 Å². The maximum atomic E-state index is 15.2. The third kappa shape index (κ3) is 2.42. The lowest BCUT2D eigenvalue weighted by atomic mass is 9.58. The normalized spacial score (nSPS) is 26.4. The molecule has 148 valence electrons. The van der Waals surface area contributed by atoms with E-state index in [0.717, 1.165) is 44.3 Å². The van der Waals surface area contributed by atoms with E-state index < -0.39 is 17.3 Å². The van der Waals surface area contributed by atoms with Crippen LogP contribution in [0.25, 0.3) is 5.52 Å². The van der Waals surface area contributed by atoms with Gasteiger partial charge in [-0.1, -0.05) is 0 Å². The second-order valence-corrected chi connectivity index (χ2v) is 8.93. The minimum atomic E-state index is -1.27. The van der Waals surface area contributed by atoms with Crippen LogP contribution in [0.2, 0.25) is 0 Å². The summed E-state index contributed by atoms with van der Waals surface area (Å²) in [7, 11) is 0. The van der Waals surface area contributed by atoms with Crippen molar-refractivity contribution in [3.63, 3.8) is 0 Å². The van der Waals surface area contributed by atoms with Gasteiger partial charge >= 0.3 is 5.97 Å². The molecule has 4 aliphatic rings. The van der Waals surface area contributed by atoms with Crippen LogP contribution in [0.5, 0.6) is 0 Å². The fourth-order valence-electron chi connectivity index (χ4n) is 5.49. The number of rotatable bonds is 4. The smallest absolute Gasteiger partial charge is 0.341 e. The number of fused-ring (bicyclic) bond motifs is 3. The number of nitrogens with zero attached hydrogens (tertiary/aromatic N) is 2. The zero-order valence-electron chi connectivity index (χ0n) is 15.9. The van der Waals surface area contributed by atoms with Gasteiger partial charge < -0.3 is 15.7 Å². The minimum Gasteiger partial charge on any atom is -0.477 e. The largest absolute Gasteiger partial charge is 0.477 e. The van der Waals surface area contributed by atoms with Crippen molar-refractivity contribution in [3.05, 3.63) is 45.1 Å². The van der Waals surface area contributed by atoms with E-state index in [-0.39, 0.29) is 16.9 Å². The van der Waals surface area contributed by atoms with Gasteiger partial charge in [-0.3, -0.25) is 9.20 Å². The number of hydrogen-bond acceptors (Lipinski definition) is 4. The van der Waals surface area contributed by atoms with Crippen LogP contribution in [0.1, 0.15) is 53.1 Å². The standard InChI is InChI=1S/C21H24FN3O3/c1-11-17-14(13-2-3-13)4-15(20(27)28)19(26)25(17)8-16(22)18(11)24-7-12-5-21(6-12,9-23)10-24/h4,8,12-13H,2-3,5-7,9-10,23H2,1H3,(H,27,28). The van der Waals surface area contributed by atoms with E-state index in [2.05, 4.69) is 4.90 Å². The molecule has 28 heavy (non-hydrogen) atoms. The minimum absolute atomic E-state index is 0.0695. The molecular formula is C21H24FN3O3. The molecule has 2 aliphatic carbocycles. The number of hydrogen-bond donors (Lipinski definition) is 2. The molecule has 6 nitrogen and oxygen atoms in total. The first-order valence-electron chi connectivity index (χ1n) is 9.90. The SMILES string of the molecule is Cc1c(N2CC3CC(CN)(C3)C2)c(F)cn2c(=O)c(C(=O)O)cc(C3CC3)c12. The summed E-state index contributed by atoms with van der Waals surface area (Å²) in [4.78, 5) is 26.3. The summed E-state index contributed by atoms with van der Waals surface area (Å²) in [5.41, 5.74) is 7.84. The Kier molecular flexibility index (Phi) is 3.66. The summed E-state index contributed by atoms with van der Waals surface area (Å²) in [5.74, 6) is -0.989. The molecule has 2 saturated carbocycles. The summed E-state index contributed by atoms with van der Waals surface area (Å²) in [6.45, 7) is 3.97. The Bertz CT molecular complexity index is 1070. The number of aryl methyl sites for hydroxylation is 1. The van der Waals surface area contributed by atoms with Crippen LogP contribution in [0.3, 0.4) is 0 Å². The molecule has 6 rings (SSSR count). The number of piperidine rings is 2. The molecule has 7 heteroatoms. The van der Waals surface area contributed by atoms with Crippen molar-refractivity contribution in [3.8, 4) is 0 Å². The monoisotopic (exact) mass is 385 g/mol. The van der Waals surface area contributed by atoms with Gasteiger partial charge in [0.2, 0.25) is 0 Å². The molecule has 2 aromatic heterocycles. The third-order valence-electron chi connectivity index (χ3n) is 6.89. The number of halogens is 1. The van der Waals surface area contributed by atoms with Gasteiger partial charge in [-0.25, -0.2) is 9.18 Å². The number of pyridine rings is 2. The van der Waals surface area contributed by atoms with E-state index in [1.165, 1.54) is 16.7 Å². The molecule has 0 spiro atoms. The van der Waals surface area contributed by atoms with Gasteiger partial charge in [-0.15, -0.1) is 0 Å². The first kappa shape index (κ1) is 17.7. The van der Waals surface area contributed by atoms with Crippen LogP contribution in [-0.2, 0) is 0 Å². The van der Waals surface area contributed by atoms with Crippen molar-refractivity contribution in [1.82, 2.24) is 4.40 Å². The van der Waals surface area contributed by atoms with Crippen LogP contribution in [0.4, 0.5) is 10.1 Å². The number of aromatic carboxylic acids is 1. The second-order valence-electron chi connectivity index (χ2n) is 8.93. The number of carbonyl (C=O) groups is 1. The fraction of sp³-hybridized carbons (Fsp3) is 0.524. The lowest BCUT2D eigenvalue weighted by molar-refractivity contribution is 0.0404. The fourth-order valence-corrected chi connectivity index (χ4v) is 5.49. The first-order valence-corrected chi connectivity index (χ1v) is 9.90. The quantitative estimate of drug-likeness (QED) is 0.844. The van der Waals surface area contributed by atoms with Crippen molar-refractivity contribution in [2.75, 3.05) is 24.5 Å². The zero-order valence-corrected chi connectivity index (χ0v) is 15.9. The lowest BCUT2D eigenvalue weighted by Crippen LogP contribution is -2.59. The highest BCUT2D eigenvalue weighted by Crippen LogP contribution is 2.51. The van der Waals surface area contributed by atoms with Crippen molar-refractivity contribution in [2.24, 2.45) is 17.1 Å². The van der Waals surface area contributed by atoms with Gasteiger partial charge in [-0.2, -0.15) is 0 Å². The van der Waals surface area contributed by atoms with E-state index in [9.17, 15) is 14.7 Å². The van der Waals surface area contributed by atoms with Crippen molar-refractivity contribution in [2.45, 2.75) is 38.5 Å². The Morgan fingerprint density at radius 2 is 2.11 bits per heavy atom. The third-order valence-corrected chi connectivity index (χ3v) is 6.89. The summed E-state index contributed by atoms with van der Waals surface area (Å²) >= 11 is 0. The Balaban J connectivity index is 1.72. The number of aromatic nitrogens is 1. The molecule has 4 fully saturated rings. The maximum absolute atomic E-state index is 15.2. The molecule has 0 unspecified atom stereocenters. The Labute approximate surface area is 161 Å². The zero-order chi connectivity index (χ0) is 19.8. The highest BCUT2D eigenvalue weighted by atomic mass is 19.1. The Hall–Kier alpha value is -2.41. The van der Waals surface area contributed by atoms with Crippen LogP contribution >= 0.6 is 0 Å². The van der Waals surface area contributed by atoms with Crippen LogP contribution < -0.4 is 16.2 Å². The van der Waals surface area contributed by atoms with Crippen molar-refractivity contribution >= 4 is 17.2 Å². The predicted molar refractivity (Wildman–Crippen MR) is 104 cm³/mol. The second kappa shape index (κ2) is 5.80. The average molecular weight is 385 g/mol. The Morgan fingerprint density at radius 3 is 2.71 bits per heavy atom. The van der Waals surface area contributed by atoms with E-state index in [1.54, 1.807) is 0 Å². The number of nitrogens with two attached hydrogens (primary N) is 1. The number of carboxylic acids is 1. The molecule has 2 saturated heterocycles. The van der Waals surface area contributed by atoms with Crippen LogP contribution in [0, 0.1) is 24.1 Å². The van der Waals surface area contributed by atoms with Gasteiger partial charge in [-0.05, 0) is 68.2 Å². The maximum Gasteiger partial charge on any atom is 0.341 e. The molecule has 2 aliphatic heterocycles. The molecule has 4 heterocycles. The summed E-state index contributed by atoms with van der Waals surface area (Å²) in [6.07, 6.45) is 5.29. The number of carboxylic acid groups (broad SMARTS) is 1. The van der Waals surface area contributed by atoms with E-state index in [4.69, 9.17) is 5.73 Å². The Morgan fingerprint density at radius 1 is 1.39 bits per heavy atom. The van der Waals surface area contributed by atoms with Gasteiger partial charge in [0.15, 0.2) is 5.82 Å². The van der Waals surface area contributed by atoms with Crippen LogP contribution in [-0.4, -0.2) is 35.1 Å². The van der Waals surface area contributed by atoms with Gasteiger partial charge in [0.1, 0.15) is 5.56 Å². The molecule has 0 amide bonds. The molecular weight excluding hydrogens is 361 g/mol. The molecule has 0 radical (unpaired) electrons. The topological polar surface area (TPSA) is 88.0 Å². The molecule has 0 aromatic carbocycles. The molecule has 3 N–H and O–H groups in total. The van der Waals surface area contributed by atoms with Crippen molar-refractivity contribution in [1.29, 1.82) is 0 Å². The van der Waals surface area contributed by atoms with Gasteiger partial charge in [0.25, 0.3) is 5.56 Å². The summed E-state index contributed by atoms with van der Waals surface area (Å²) in [5, 5.41) is 9.41.